The van der Waals surface area contributed by atoms with Crippen molar-refractivity contribution in [2.24, 2.45) is 5.73 Å². The quantitative estimate of drug-likeness (QED) is 0.753. The molecule has 0 bridgehead atoms. The van der Waals surface area contributed by atoms with Gasteiger partial charge in [0, 0.05) is 6.54 Å². The minimum atomic E-state index is -1.02. The molecule has 0 radical (unpaired) electrons. The highest BCUT2D eigenvalue weighted by Gasteiger charge is 2.27. The van der Waals surface area contributed by atoms with E-state index in [1.165, 1.54) is 4.90 Å². The molecule has 5 heteroatoms. The first kappa shape index (κ1) is 11.6. The SMILES string of the molecule is N[C@H]1Cc2ccccc2CN(CC(=O)O)C1=O. The zero-order chi connectivity index (χ0) is 12.4. The Bertz CT molecular complexity index is 459. The largest absolute Gasteiger partial charge is 0.480 e. The number of carbonyl (C=O) groups is 2. The van der Waals surface area contributed by atoms with Crippen LogP contribution in [-0.2, 0) is 22.6 Å². The molecule has 1 heterocycles. The van der Waals surface area contributed by atoms with Gasteiger partial charge in [-0.25, -0.2) is 0 Å². The highest BCUT2D eigenvalue weighted by Crippen LogP contribution is 2.18. The molecule has 1 aliphatic rings. The molecule has 0 unspecified atom stereocenters. The van der Waals surface area contributed by atoms with Gasteiger partial charge in [0.25, 0.3) is 0 Å². The van der Waals surface area contributed by atoms with Crippen LogP contribution in [0.15, 0.2) is 24.3 Å². The number of aliphatic carboxylic acids is 1. The standard InChI is InChI=1S/C12H14N2O3/c13-10-5-8-3-1-2-4-9(8)6-14(12(10)17)7-11(15)16/h1-4,10H,5-7,13H2,(H,15,16)/t10-/m0/s1. The third kappa shape index (κ3) is 2.45. The lowest BCUT2D eigenvalue weighted by atomic mass is 10.0. The van der Waals surface area contributed by atoms with Crippen molar-refractivity contribution in [3.63, 3.8) is 0 Å². The molecule has 3 N–H and O–H groups in total. The summed E-state index contributed by atoms with van der Waals surface area (Å²) in [5, 5.41) is 8.77. The fourth-order valence-electron chi connectivity index (χ4n) is 2.05. The van der Waals surface area contributed by atoms with Gasteiger partial charge in [0.1, 0.15) is 6.54 Å². The van der Waals surface area contributed by atoms with Crippen LogP contribution in [0.25, 0.3) is 0 Å². The number of nitrogens with zero attached hydrogens (tertiary/aromatic N) is 1. The van der Waals surface area contributed by atoms with Crippen LogP contribution in [0.1, 0.15) is 11.1 Å². The van der Waals surface area contributed by atoms with Gasteiger partial charge in [-0.2, -0.15) is 0 Å². The molecule has 1 amide bonds. The summed E-state index contributed by atoms with van der Waals surface area (Å²) in [5.74, 6) is -1.33. The number of carbonyl (C=O) groups excluding carboxylic acids is 1. The van der Waals surface area contributed by atoms with Gasteiger partial charge < -0.3 is 15.7 Å². The van der Waals surface area contributed by atoms with Crippen molar-refractivity contribution in [2.45, 2.75) is 19.0 Å². The molecule has 5 nitrogen and oxygen atoms in total. The monoisotopic (exact) mass is 234 g/mol. The summed E-state index contributed by atoms with van der Waals surface area (Å²) in [7, 11) is 0. The average molecular weight is 234 g/mol. The molecule has 1 aromatic rings. The summed E-state index contributed by atoms with van der Waals surface area (Å²) in [6.45, 7) is 0.00980. The van der Waals surface area contributed by atoms with E-state index in [9.17, 15) is 9.59 Å². The van der Waals surface area contributed by atoms with E-state index in [2.05, 4.69) is 0 Å². The molecule has 0 aromatic heterocycles. The average Bonchev–Trinajstić information content (AvgIpc) is 2.38. The van der Waals surface area contributed by atoms with Crippen LogP contribution in [0.2, 0.25) is 0 Å². The smallest absolute Gasteiger partial charge is 0.323 e. The number of hydrogen-bond acceptors (Lipinski definition) is 3. The maximum atomic E-state index is 11.9. The van der Waals surface area contributed by atoms with Crippen LogP contribution >= 0.6 is 0 Å². The molecule has 1 atom stereocenters. The van der Waals surface area contributed by atoms with Gasteiger partial charge in [0.15, 0.2) is 0 Å². The van der Waals surface area contributed by atoms with E-state index in [4.69, 9.17) is 10.8 Å². The molecule has 0 saturated carbocycles. The van der Waals surface area contributed by atoms with Gasteiger partial charge >= 0.3 is 5.97 Å². The minimum Gasteiger partial charge on any atom is -0.480 e. The van der Waals surface area contributed by atoms with Crippen molar-refractivity contribution >= 4 is 11.9 Å². The highest BCUT2D eigenvalue weighted by atomic mass is 16.4. The van der Waals surface area contributed by atoms with Crippen LogP contribution in [0.3, 0.4) is 0 Å². The zero-order valence-corrected chi connectivity index (χ0v) is 9.30. The number of benzene rings is 1. The van der Waals surface area contributed by atoms with Crippen LogP contribution < -0.4 is 5.73 Å². The summed E-state index contributed by atoms with van der Waals surface area (Å²) in [5.41, 5.74) is 7.76. The highest BCUT2D eigenvalue weighted by molar-refractivity contribution is 5.86. The number of rotatable bonds is 2. The molecule has 90 valence electrons. The Kier molecular flexibility index (Phi) is 3.10. The van der Waals surface area contributed by atoms with Crippen molar-refractivity contribution < 1.29 is 14.7 Å². The van der Waals surface area contributed by atoms with Crippen LogP contribution in [0, 0.1) is 0 Å². The van der Waals surface area contributed by atoms with Gasteiger partial charge in [0.2, 0.25) is 5.91 Å². The van der Waals surface area contributed by atoms with Crippen LogP contribution in [-0.4, -0.2) is 34.5 Å². The first-order valence-electron chi connectivity index (χ1n) is 5.41. The molecule has 1 aliphatic heterocycles. The Balaban J connectivity index is 2.31. The van der Waals surface area contributed by atoms with E-state index in [1.807, 2.05) is 24.3 Å². The normalized spacial score (nSPS) is 19.7. The topological polar surface area (TPSA) is 83.6 Å². The first-order chi connectivity index (χ1) is 8.08. The molecule has 0 saturated heterocycles. The van der Waals surface area contributed by atoms with Gasteiger partial charge in [-0.05, 0) is 17.5 Å². The summed E-state index contributed by atoms with van der Waals surface area (Å²) < 4.78 is 0. The van der Waals surface area contributed by atoms with Gasteiger partial charge in [0.05, 0.1) is 6.04 Å². The van der Waals surface area contributed by atoms with E-state index in [-0.39, 0.29) is 12.5 Å². The number of hydrogen-bond donors (Lipinski definition) is 2. The number of carboxylic acid groups (broad SMARTS) is 1. The number of carboxylic acids is 1. The maximum Gasteiger partial charge on any atom is 0.323 e. The predicted molar refractivity (Wildman–Crippen MR) is 61.2 cm³/mol. The Morgan fingerprint density at radius 2 is 2.06 bits per heavy atom. The van der Waals surface area contributed by atoms with Crippen molar-refractivity contribution in [1.29, 1.82) is 0 Å². The molecule has 0 aliphatic carbocycles. The van der Waals surface area contributed by atoms with E-state index >= 15 is 0 Å². The van der Waals surface area contributed by atoms with Gasteiger partial charge in [-0.1, -0.05) is 24.3 Å². The van der Waals surface area contributed by atoms with E-state index in [1.54, 1.807) is 0 Å². The lowest BCUT2D eigenvalue weighted by molar-refractivity contribution is -0.145. The fraction of sp³-hybridized carbons (Fsp3) is 0.333. The second kappa shape index (κ2) is 4.55. The second-order valence-electron chi connectivity index (χ2n) is 4.17. The summed E-state index contributed by atoms with van der Waals surface area (Å²) in [6.07, 6.45) is 0.463. The zero-order valence-electron chi connectivity index (χ0n) is 9.30. The maximum absolute atomic E-state index is 11.9. The summed E-state index contributed by atoms with van der Waals surface area (Å²) >= 11 is 0. The van der Waals surface area contributed by atoms with Gasteiger partial charge in [-0.3, -0.25) is 9.59 Å². The Morgan fingerprint density at radius 3 is 2.71 bits per heavy atom. The lowest BCUT2D eigenvalue weighted by Gasteiger charge is -2.20. The molecule has 17 heavy (non-hydrogen) atoms. The Labute approximate surface area is 98.8 Å². The van der Waals surface area contributed by atoms with Crippen LogP contribution in [0.5, 0.6) is 0 Å². The molecular formula is C12H14N2O3. The third-order valence-corrected chi connectivity index (χ3v) is 2.87. The molecule has 2 rings (SSSR count). The third-order valence-electron chi connectivity index (χ3n) is 2.87. The summed E-state index contributed by atoms with van der Waals surface area (Å²) in [6, 6.07) is 6.93. The molecule has 0 spiro atoms. The number of fused-ring (bicyclic) bond motifs is 1. The van der Waals surface area contributed by atoms with E-state index < -0.39 is 12.0 Å². The predicted octanol–water partition coefficient (Wildman–Crippen LogP) is -0.0168. The van der Waals surface area contributed by atoms with Crippen molar-refractivity contribution in [3.8, 4) is 0 Å². The number of amides is 1. The van der Waals surface area contributed by atoms with Gasteiger partial charge in [-0.15, -0.1) is 0 Å². The Hall–Kier alpha value is -1.88. The molecule has 1 aromatic carbocycles. The first-order valence-corrected chi connectivity index (χ1v) is 5.41. The van der Waals surface area contributed by atoms with Crippen molar-refractivity contribution in [2.75, 3.05) is 6.54 Å². The fourth-order valence-corrected chi connectivity index (χ4v) is 2.05. The van der Waals surface area contributed by atoms with Crippen molar-refractivity contribution in [3.05, 3.63) is 35.4 Å². The molecular weight excluding hydrogens is 220 g/mol. The Morgan fingerprint density at radius 1 is 1.41 bits per heavy atom. The van der Waals surface area contributed by atoms with Crippen molar-refractivity contribution in [1.82, 2.24) is 4.90 Å². The minimum absolute atomic E-state index is 0.302. The summed E-state index contributed by atoms with van der Waals surface area (Å²) in [4.78, 5) is 23.9. The van der Waals surface area contributed by atoms with E-state index in [0.717, 1.165) is 11.1 Å². The molecule has 0 fully saturated rings. The number of nitrogens with two attached hydrogens (primary N) is 1. The lowest BCUT2D eigenvalue weighted by Crippen LogP contribution is -2.44. The van der Waals surface area contributed by atoms with Crippen LogP contribution in [0.4, 0.5) is 0 Å². The van der Waals surface area contributed by atoms with E-state index in [0.29, 0.717) is 13.0 Å². The second-order valence-corrected chi connectivity index (χ2v) is 4.17.